The number of amides is 1. The van der Waals surface area contributed by atoms with Crippen LogP contribution in [0, 0.1) is 0 Å². The number of nitrogen functional groups attached to an aromatic ring is 1. The molecule has 4 nitrogen and oxygen atoms in total. The van der Waals surface area contributed by atoms with Crippen molar-refractivity contribution in [2.24, 2.45) is 0 Å². The quantitative estimate of drug-likeness (QED) is 0.795. The third-order valence-electron chi connectivity index (χ3n) is 2.36. The Balaban J connectivity index is 2.28. The fourth-order valence-electron chi connectivity index (χ4n) is 1.39. The zero-order valence-corrected chi connectivity index (χ0v) is 12.6. The second-order valence-corrected chi connectivity index (χ2v) is 5.33. The van der Waals surface area contributed by atoms with Gasteiger partial charge in [-0.25, -0.2) is 0 Å². The molecule has 2 rings (SSSR count). The number of pyridine rings is 1. The maximum Gasteiger partial charge on any atom is 0.255 e. The van der Waals surface area contributed by atoms with Crippen LogP contribution in [0.25, 0.3) is 0 Å². The lowest BCUT2D eigenvalue weighted by Gasteiger charge is -2.09. The fraction of sp³-hybridized carbons (Fsp3) is 0. The van der Waals surface area contributed by atoms with Gasteiger partial charge in [0.1, 0.15) is 0 Å². The minimum atomic E-state index is -0.337. The Morgan fingerprint density at radius 2 is 1.95 bits per heavy atom. The molecule has 19 heavy (non-hydrogen) atoms. The molecule has 1 aromatic carbocycles. The van der Waals surface area contributed by atoms with Crippen molar-refractivity contribution < 1.29 is 4.79 Å². The average molecular weight is 361 g/mol. The summed E-state index contributed by atoms with van der Waals surface area (Å²) >= 11 is 15.1. The summed E-state index contributed by atoms with van der Waals surface area (Å²) in [5, 5.41) is 3.20. The summed E-state index contributed by atoms with van der Waals surface area (Å²) in [5.41, 5.74) is 6.80. The van der Waals surface area contributed by atoms with E-state index in [1.54, 1.807) is 18.5 Å². The van der Waals surface area contributed by atoms with Crippen molar-refractivity contribution in [1.82, 2.24) is 4.98 Å². The Morgan fingerprint density at radius 1 is 1.32 bits per heavy atom. The van der Waals surface area contributed by atoms with Crippen LogP contribution in [0.5, 0.6) is 0 Å². The zero-order chi connectivity index (χ0) is 14.0. The number of nitrogens with one attached hydrogen (secondary N) is 1. The van der Waals surface area contributed by atoms with Gasteiger partial charge in [-0.3, -0.25) is 9.78 Å². The Morgan fingerprint density at radius 3 is 2.53 bits per heavy atom. The van der Waals surface area contributed by atoms with Gasteiger partial charge in [-0.2, -0.15) is 0 Å². The lowest BCUT2D eigenvalue weighted by atomic mass is 10.2. The van der Waals surface area contributed by atoms with Crippen LogP contribution < -0.4 is 11.1 Å². The normalized spacial score (nSPS) is 10.3. The van der Waals surface area contributed by atoms with Crippen molar-refractivity contribution in [3.63, 3.8) is 0 Å². The Labute approximate surface area is 128 Å². The molecule has 1 amide bonds. The van der Waals surface area contributed by atoms with Crippen molar-refractivity contribution in [3.05, 3.63) is 50.7 Å². The zero-order valence-electron chi connectivity index (χ0n) is 9.45. The molecule has 3 N–H and O–H groups in total. The Hall–Kier alpha value is -1.30. The van der Waals surface area contributed by atoms with Crippen LogP contribution >= 0.6 is 39.1 Å². The number of nitrogens with two attached hydrogens (primary N) is 1. The molecule has 0 aliphatic heterocycles. The molecule has 0 unspecified atom stereocenters. The maximum atomic E-state index is 12.1. The highest BCUT2D eigenvalue weighted by Crippen LogP contribution is 2.29. The summed E-state index contributed by atoms with van der Waals surface area (Å²) < 4.78 is 0.677. The molecule has 1 aromatic heterocycles. The second-order valence-electron chi connectivity index (χ2n) is 3.66. The van der Waals surface area contributed by atoms with E-state index in [1.165, 1.54) is 12.1 Å². The van der Waals surface area contributed by atoms with Gasteiger partial charge in [0.25, 0.3) is 5.91 Å². The molecular formula is C12H8BrCl2N3O. The molecule has 98 valence electrons. The first-order valence-electron chi connectivity index (χ1n) is 5.14. The molecule has 0 bridgehead atoms. The van der Waals surface area contributed by atoms with Crippen LogP contribution in [-0.2, 0) is 0 Å². The Bertz CT molecular complexity index is 626. The largest absolute Gasteiger partial charge is 0.396 e. The summed E-state index contributed by atoms with van der Waals surface area (Å²) in [6, 6.07) is 4.60. The van der Waals surface area contributed by atoms with Gasteiger partial charge in [0.2, 0.25) is 0 Å². The summed E-state index contributed by atoms with van der Waals surface area (Å²) in [5.74, 6) is -0.337. The van der Waals surface area contributed by atoms with Crippen molar-refractivity contribution in [2.75, 3.05) is 11.1 Å². The molecule has 0 atom stereocenters. The molecular weight excluding hydrogens is 353 g/mol. The minimum Gasteiger partial charge on any atom is -0.396 e. The van der Waals surface area contributed by atoms with Gasteiger partial charge in [0.05, 0.1) is 25.9 Å². The standard InChI is InChI=1S/C12H8BrCl2N3O/c13-7-5-17-2-1-10(7)18-12(19)6-3-8(14)11(16)9(15)4-6/h1-5H,16H2,(H,17,18,19). The van der Waals surface area contributed by atoms with Gasteiger partial charge >= 0.3 is 0 Å². The van der Waals surface area contributed by atoms with E-state index in [1.807, 2.05) is 0 Å². The lowest BCUT2D eigenvalue weighted by Crippen LogP contribution is -2.12. The summed E-state index contributed by atoms with van der Waals surface area (Å²) in [6.07, 6.45) is 3.15. The van der Waals surface area contributed by atoms with E-state index < -0.39 is 0 Å². The molecule has 0 fully saturated rings. The first-order chi connectivity index (χ1) is 8.99. The molecule has 7 heteroatoms. The number of halogens is 3. The molecule has 1 heterocycles. The van der Waals surface area contributed by atoms with Gasteiger partial charge in [-0.05, 0) is 34.1 Å². The van der Waals surface area contributed by atoms with E-state index >= 15 is 0 Å². The molecule has 0 spiro atoms. The number of aromatic nitrogens is 1. The Kier molecular flexibility index (Phi) is 4.29. The molecule has 0 aliphatic carbocycles. The third kappa shape index (κ3) is 3.18. The number of nitrogens with zero attached hydrogens (tertiary/aromatic N) is 1. The first kappa shape index (κ1) is 14.1. The molecule has 0 saturated heterocycles. The highest BCUT2D eigenvalue weighted by Gasteiger charge is 2.12. The number of anilines is 2. The molecule has 0 aliphatic rings. The maximum absolute atomic E-state index is 12.1. The average Bonchev–Trinajstić information content (AvgIpc) is 2.38. The third-order valence-corrected chi connectivity index (χ3v) is 3.62. The predicted molar refractivity (Wildman–Crippen MR) is 80.8 cm³/mol. The summed E-state index contributed by atoms with van der Waals surface area (Å²) in [7, 11) is 0. The van der Waals surface area contributed by atoms with Crippen LogP contribution in [-0.4, -0.2) is 10.9 Å². The van der Waals surface area contributed by atoms with Crippen molar-refractivity contribution in [2.45, 2.75) is 0 Å². The van der Waals surface area contributed by atoms with Gasteiger partial charge < -0.3 is 11.1 Å². The lowest BCUT2D eigenvalue weighted by molar-refractivity contribution is 0.102. The number of rotatable bonds is 2. The number of benzene rings is 1. The smallest absolute Gasteiger partial charge is 0.255 e. The summed E-state index contributed by atoms with van der Waals surface area (Å²) in [4.78, 5) is 16.0. The van der Waals surface area contributed by atoms with Crippen LogP contribution in [0.2, 0.25) is 10.0 Å². The van der Waals surface area contributed by atoms with Crippen molar-refractivity contribution in [1.29, 1.82) is 0 Å². The number of hydrogen-bond acceptors (Lipinski definition) is 3. The van der Waals surface area contributed by atoms with Crippen LogP contribution in [0.15, 0.2) is 35.1 Å². The van der Waals surface area contributed by atoms with Crippen LogP contribution in [0.3, 0.4) is 0 Å². The van der Waals surface area contributed by atoms with Crippen LogP contribution in [0.4, 0.5) is 11.4 Å². The highest BCUT2D eigenvalue weighted by molar-refractivity contribution is 9.10. The SMILES string of the molecule is Nc1c(Cl)cc(C(=O)Nc2ccncc2Br)cc1Cl. The van der Waals surface area contributed by atoms with Crippen LogP contribution in [0.1, 0.15) is 10.4 Å². The monoisotopic (exact) mass is 359 g/mol. The first-order valence-corrected chi connectivity index (χ1v) is 6.69. The van der Waals surface area contributed by atoms with E-state index in [0.29, 0.717) is 15.7 Å². The van der Waals surface area contributed by atoms with E-state index in [-0.39, 0.29) is 21.6 Å². The van der Waals surface area contributed by atoms with E-state index in [0.717, 1.165) is 0 Å². The fourth-order valence-corrected chi connectivity index (χ4v) is 2.22. The number of hydrogen-bond donors (Lipinski definition) is 2. The van der Waals surface area contributed by atoms with Gasteiger partial charge in [-0.1, -0.05) is 23.2 Å². The highest BCUT2D eigenvalue weighted by atomic mass is 79.9. The van der Waals surface area contributed by atoms with Crippen molar-refractivity contribution in [3.8, 4) is 0 Å². The van der Waals surface area contributed by atoms with E-state index in [2.05, 4.69) is 26.2 Å². The molecule has 2 aromatic rings. The van der Waals surface area contributed by atoms with Gasteiger partial charge in [-0.15, -0.1) is 0 Å². The predicted octanol–water partition coefficient (Wildman–Crippen LogP) is 3.99. The van der Waals surface area contributed by atoms with E-state index in [9.17, 15) is 4.79 Å². The van der Waals surface area contributed by atoms with Gasteiger partial charge in [0.15, 0.2) is 0 Å². The van der Waals surface area contributed by atoms with Crippen molar-refractivity contribution >= 4 is 56.4 Å². The molecule has 0 radical (unpaired) electrons. The van der Waals surface area contributed by atoms with Gasteiger partial charge in [0, 0.05) is 18.0 Å². The second kappa shape index (κ2) is 5.77. The summed E-state index contributed by atoms with van der Waals surface area (Å²) in [6.45, 7) is 0. The van der Waals surface area contributed by atoms with E-state index in [4.69, 9.17) is 28.9 Å². The topological polar surface area (TPSA) is 68.0 Å². The number of carbonyl (C=O) groups is 1. The molecule has 0 saturated carbocycles. The number of carbonyl (C=O) groups excluding carboxylic acids is 1. The minimum absolute atomic E-state index is 0.242.